The first kappa shape index (κ1) is 18.0. The molecule has 1 aromatic carbocycles. The maximum Gasteiger partial charge on any atom is 0.308 e. The summed E-state index contributed by atoms with van der Waals surface area (Å²) in [5.74, 6) is 1.22. The second-order valence-corrected chi connectivity index (χ2v) is 6.68. The Hall–Kier alpha value is -3.42. The number of methoxy groups -OCH3 is 1. The van der Waals surface area contributed by atoms with Crippen LogP contribution < -0.4 is 9.64 Å². The highest BCUT2D eigenvalue weighted by Crippen LogP contribution is 2.27. The highest BCUT2D eigenvalue weighted by atomic mass is 16.5. The van der Waals surface area contributed by atoms with E-state index in [0.29, 0.717) is 30.5 Å². The first-order valence-electron chi connectivity index (χ1n) is 9.06. The molecule has 0 radical (unpaired) electrons. The van der Waals surface area contributed by atoms with Crippen LogP contribution in [0.2, 0.25) is 0 Å². The summed E-state index contributed by atoms with van der Waals surface area (Å²) >= 11 is 0. The number of piperidine rings is 1. The normalized spacial score (nSPS) is 16.8. The second kappa shape index (κ2) is 7.67. The highest BCUT2D eigenvalue weighted by molar-refractivity contribution is 5.71. The summed E-state index contributed by atoms with van der Waals surface area (Å²) in [7, 11) is 1.61. The van der Waals surface area contributed by atoms with Gasteiger partial charge in [-0.2, -0.15) is 4.98 Å². The zero-order valence-electron chi connectivity index (χ0n) is 15.4. The van der Waals surface area contributed by atoms with Crippen LogP contribution in [0.25, 0.3) is 22.8 Å². The number of aliphatic carboxylic acids is 1. The lowest BCUT2D eigenvalue weighted by Gasteiger charge is -2.31. The van der Waals surface area contributed by atoms with Crippen LogP contribution in [0.4, 0.5) is 5.82 Å². The summed E-state index contributed by atoms with van der Waals surface area (Å²) in [4.78, 5) is 22.2. The van der Waals surface area contributed by atoms with Crippen molar-refractivity contribution >= 4 is 11.8 Å². The molecule has 1 atom stereocenters. The molecule has 1 unspecified atom stereocenters. The lowest BCUT2D eigenvalue weighted by atomic mass is 9.98. The molecule has 8 nitrogen and oxygen atoms in total. The molecule has 1 N–H and O–H groups in total. The molecule has 0 amide bonds. The predicted octanol–water partition coefficient (Wildman–Crippen LogP) is 3.11. The molecule has 2 aromatic heterocycles. The number of ether oxygens (including phenoxy) is 1. The molecule has 0 bridgehead atoms. The Morgan fingerprint density at radius 3 is 2.82 bits per heavy atom. The Labute approximate surface area is 161 Å². The fraction of sp³-hybridized carbons (Fsp3) is 0.300. The second-order valence-electron chi connectivity index (χ2n) is 6.68. The maximum absolute atomic E-state index is 11.3. The molecule has 3 heterocycles. The number of carboxylic acid groups (broad SMARTS) is 1. The van der Waals surface area contributed by atoms with Gasteiger partial charge in [-0.1, -0.05) is 5.16 Å². The Kier molecular flexibility index (Phi) is 4.92. The summed E-state index contributed by atoms with van der Waals surface area (Å²) in [6, 6.07) is 11.1. The minimum absolute atomic E-state index is 0.371. The number of aromatic nitrogens is 3. The van der Waals surface area contributed by atoms with Crippen LogP contribution in [-0.4, -0.2) is 46.4 Å². The smallest absolute Gasteiger partial charge is 0.308 e. The molecule has 1 saturated heterocycles. The van der Waals surface area contributed by atoms with Crippen LogP contribution >= 0.6 is 0 Å². The number of pyridine rings is 1. The highest BCUT2D eigenvalue weighted by Gasteiger charge is 2.26. The SMILES string of the molecule is COc1ccc(-c2noc(-c3ccnc(N4CCCC(C(=O)O)C4)c3)n2)cc1. The Morgan fingerprint density at radius 2 is 2.07 bits per heavy atom. The van der Waals surface area contributed by atoms with Crippen LogP contribution in [0.1, 0.15) is 12.8 Å². The minimum Gasteiger partial charge on any atom is -0.497 e. The Balaban J connectivity index is 1.56. The van der Waals surface area contributed by atoms with Gasteiger partial charge in [-0.25, -0.2) is 4.98 Å². The van der Waals surface area contributed by atoms with Crippen LogP contribution in [-0.2, 0) is 4.79 Å². The van der Waals surface area contributed by atoms with Crippen LogP contribution in [0.3, 0.4) is 0 Å². The number of benzene rings is 1. The van der Waals surface area contributed by atoms with Crippen LogP contribution in [0.15, 0.2) is 47.1 Å². The van der Waals surface area contributed by atoms with E-state index < -0.39 is 5.97 Å². The fourth-order valence-electron chi connectivity index (χ4n) is 3.31. The lowest BCUT2D eigenvalue weighted by molar-refractivity contribution is -0.141. The number of carboxylic acids is 1. The molecular weight excluding hydrogens is 360 g/mol. The molecule has 0 aliphatic carbocycles. The first-order chi connectivity index (χ1) is 13.6. The van der Waals surface area contributed by atoms with E-state index in [1.165, 1.54) is 0 Å². The summed E-state index contributed by atoms with van der Waals surface area (Å²) in [6.07, 6.45) is 3.19. The van der Waals surface area contributed by atoms with Crippen molar-refractivity contribution < 1.29 is 19.2 Å². The molecule has 1 fully saturated rings. The topological polar surface area (TPSA) is 102 Å². The van der Waals surface area contributed by atoms with E-state index in [-0.39, 0.29) is 5.92 Å². The molecule has 1 aliphatic heterocycles. The zero-order chi connectivity index (χ0) is 19.5. The number of hydrogen-bond acceptors (Lipinski definition) is 7. The van der Waals surface area contributed by atoms with Gasteiger partial charge in [0, 0.05) is 30.4 Å². The van der Waals surface area contributed by atoms with Crippen LogP contribution in [0.5, 0.6) is 5.75 Å². The average Bonchev–Trinajstić information content (AvgIpc) is 3.24. The van der Waals surface area contributed by atoms with Crippen molar-refractivity contribution in [2.75, 3.05) is 25.1 Å². The van der Waals surface area contributed by atoms with Gasteiger partial charge in [0.25, 0.3) is 5.89 Å². The molecule has 3 aromatic rings. The van der Waals surface area contributed by atoms with E-state index in [4.69, 9.17) is 9.26 Å². The Bertz CT molecular complexity index is 970. The summed E-state index contributed by atoms with van der Waals surface area (Å²) in [6.45, 7) is 1.23. The predicted molar refractivity (Wildman–Crippen MR) is 102 cm³/mol. The lowest BCUT2D eigenvalue weighted by Crippen LogP contribution is -2.39. The van der Waals surface area contributed by atoms with E-state index in [0.717, 1.165) is 29.8 Å². The van der Waals surface area contributed by atoms with Crippen molar-refractivity contribution in [2.24, 2.45) is 5.92 Å². The maximum atomic E-state index is 11.3. The monoisotopic (exact) mass is 380 g/mol. The van der Waals surface area contributed by atoms with Gasteiger partial charge in [-0.15, -0.1) is 0 Å². The third-order valence-corrected chi connectivity index (χ3v) is 4.86. The average molecular weight is 380 g/mol. The summed E-state index contributed by atoms with van der Waals surface area (Å²) < 4.78 is 10.6. The number of anilines is 1. The van der Waals surface area contributed by atoms with Crippen LogP contribution in [0, 0.1) is 5.92 Å². The van der Waals surface area contributed by atoms with Gasteiger partial charge in [0.2, 0.25) is 5.82 Å². The standard InChI is InChI=1S/C20H20N4O4/c1-27-16-6-4-13(5-7-16)18-22-19(28-23-18)14-8-9-21-17(11-14)24-10-2-3-15(12-24)20(25)26/h4-9,11,15H,2-3,10,12H2,1H3,(H,25,26). The van der Waals surface area contributed by atoms with E-state index in [9.17, 15) is 9.90 Å². The molecule has 0 spiro atoms. The minimum atomic E-state index is -0.762. The number of rotatable bonds is 5. The Morgan fingerprint density at radius 1 is 1.25 bits per heavy atom. The molecular formula is C20H20N4O4. The molecule has 4 rings (SSSR count). The van der Waals surface area contributed by atoms with E-state index in [1.807, 2.05) is 35.2 Å². The van der Waals surface area contributed by atoms with E-state index >= 15 is 0 Å². The number of nitrogens with zero attached hydrogens (tertiary/aromatic N) is 4. The largest absolute Gasteiger partial charge is 0.497 e. The van der Waals surface area contributed by atoms with Gasteiger partial charge in [0.15, 0.2) is 0 Å². The van der Waals surface area contributed by atoms with E-state index in [2.05, 4.69) is 15.1 Å². The van der Waals surface area contributed by atoms with Gasteiger partial charge in [0.05, 0.1) is 13.0 Å². The van der Waals surface area contributed by atoms with Gasteiger partial charge in [-0.3, -0.25) is 4.79 Å². The third kappa shape index (κ3) is 3.66. The molecule has 1 aliphatic rings. The molecule has 28 heavy (non-hydrogen) atoms. The van der Waals surface area contributed by atoms with Gasteiger partial charge in [0.1, 0.15) is 11.6 Å². The summed E-state index contributed by atoms with van der Waals surface area (Å²) in [5.41, 5.74) is 1.57. The first-order valence-corrected chi connectivity index (χ1v) is 9.06. The molecule has 144 valence electrons. The third-order valence-electron chi connectivity index (χ3n) is 4.86. The van der Waals surface area contributed by atoms with Crippen molar-refractivity contribution in [3.63, 3.8) is 0 Å². The van der Waals surface area contributed by atoms with Crippen molar-refractivity contribution in [1.29, 1.82) is 0 Å². The van der Waals surface area contributed by atoms with E-state index in [1.54, 1.807) is 19.4 Å². The zero-order valence-corrected chi connectivity index (χ0v) is 15.4. The fourth-order valence-corrected chi connectivity index (χ4v) is 3.31. The van der Waals surface area contributed by atoms with Crippen molar-refractivity contribution in [1.82, 2.24) is 15.1 Å². The van der Waals surface area contributed by atoms with Gasteiger partial charge >= 0.3 is 5.97 Å². The van der Waals surface area contributed by atoms with Crippen molar-refractivity contribution in [3.8, 4) is 28.6 Å². The summed E-state index contributed by atoms with van der Waals surface area (Å²) in [5, 5.41) is 13.3. The number of carbonyl (C=O) groups is 1. The molecule has 8 heteroatoms. The van der Waals surface area contributed by atoms with Crippen molar-refractivity contribution in [2.45, 2.75) is 12.8 Å². The molecule has 0 saturated carbocycles. The number of hydrogen-bond donors (Lipinski definition) is 1. The quantitative estimate of drug-likeness (QED) is 0.720. The van der Waals surface area contributed by atoms with Gasteiger partial charge in [-0.05, 0) is 49.2 Å². The van der Waals surface area contributed by atoms with Crippen molar-refractivity contribution in [3.05, 3.63) is 42.6 Å². The van der Waals surface area contributed by atoms with Gasteiger partial charge < -0.3 is 19.3 Å².